The summed E-state index contributed by atoms with van der Waals surface area (Å²) in [6, 6.07) is 0. The van der Waals surface area contributed by atoms with Gasteiger partial charge in [0.15, 0.2) is 9.84 Å². The highest BCUT2D eigenvalue weighted by Crippen LogP contribution is 2.19. The lowest BCUT2D eigenvalue weighted by Crippen LogP contribution is -2.07. The van der Waals surface area contributed by atoms with Crippen LogP contribution < -0.4 is 0 Å². The monoisotopic (exact) mass is 189 g/mol. The molecule has 4 nitrogen and oxygen atoms in total. The van der Waals surface area contributed by atoms with Gasteiger partial charge in [0, 0.05) is 6.26 Å². The van der Waals surface area contributed by atoms with Crippen LogP contribution in [0.2, 0.25) is 0 Å². The van der Waals surface area contributed by atoms with Crippen LogP contribution in [0.5, 0.6) is 0 Å². The number of oxazole rings is 1. The number of nitrogens with zero attached hydrogens (tertiary/aromatic N) is 1. The highest BCUT2D eigenvalue weighted by molar-refractivity contribution is 7.90. The predicted molar refractivity (Wildman–Crippen MR) is 44.5 cm³/mol. The van der Waals surface area contributed by atoms with Gasteiger partial charge in [-0.3, -0.25) is 0 Å². The molecule has 0 aliphatic carbocycles. The molecule has 0 amide bonds. The molecule has 1 rings (SSSR count). The summed E-state index contributed by atoms with van der Waals surface area (Å²) in [6.07, 6.45) is 2.67. The van der Waals surface area contributed by atoms with Gasteiger partial charge in [-0.1, -0.05) is 0 Å². The molecule has 0 radical (unpaired) electrons. The highest BCUT2D eigenvalue weighted by Gasteiger charge is 2.21. The van der Waals surface area contributed by atoms with E-state index in [1.807, 2.05) is 0 Å². The number of hydrogen-bond donors (Lipinski definition) is 0. The fourth-order valence-corrected chi connectivity index (χ4v) is 1.22. The zero-order chi connectivity index (χ0) is 9.35. The zero-order valence-electron chi connectivity index (χ0n) is 7.23. The van der Waals surface area contributed by atoms with Crippen molar-refractivity contribution < 1.29 is 12.8 Å². The van der Waals surface area contributed by atoms with Crippen LogP contribution in [0.3, 0.4) is 0 Å². The third-order valence-corrected chi connectivity index (χ3v) is 3.12. The molecule has 0 saturated heterocycles. The third-order valence-electron chi connectivity index (χ3n) is 1.63. The maximum absolute atomic E-state index is 11.0. The van der Waals surface area contributed by atoms with Gasteiger partial charge in [0.1, 0.15) is 11.0 Å². The van der Waals surface area contributed by atoms with Crippen molar-refractivity contribution in [3.8, 4) is 0 Å². The summed E-state index contributed by atoms with van der Waals surface area (Å²) in [5.74, 6) is 0.885. The van der Waals surface area contributed by atoms with Gasteiger partial charge in [-0.25, -0.2) is 13.4 Å². The average Bonchev–Trinajstić information content (AvgIpc) is 2.32. The van der Waals surface area contributed by atoms with Crippen molar-refractivity contribution in [3.05, 3.63) is 17.8 Å². The molecule has 1 heterocycles. The molecule has 0 aliphatic rings. The molecule has 68 valence electrons. The van der Waals surface area contributed by atoms with Gasteiger partial charge in [0.25, 0.3) is 0 Å². The van der Waals surface area contributed by atoms with Crippen molar-refractivity contribution in [2.45, 2.75) is 19.1 Å². The minimum atomic E-state index is -3.10. The van der Waals surface area contributed by atoms with Crippen LogP contribution in [-0.4, -0.2) is 19.7 Å². The number of aromatic nitrogens is 1. The van der Waals surface area contributed by atoms with Crippen LogP contribution in [0.25, 0.3) is 0 Å². The number of sulfone groups is 1. The minimum absolute atomic E-state index is 0.259. The van der Waals surface area contributed by atoms with Crippen molar-refractivity contribution in [2.24, 2.45) is 0 Å². The number of aryl methyl sites for hydroxylation is 1. The predicted octanol–water partition coefficient (Wildman–Crippen LogP) is 1.09. The van der Waals surface area contributed by atoms with E-state index in [1.165, 1.54) is 6.20 Å². The van der Waals surface area contributed by atoms with E-state index >= 15 is 0 Å². The second-order valence-electron chi connectivity index (χ2n) is 2.78. The van der Waals surface area contributed by atoms with Gasteiger partial charge in [-0.15, -0.1) is 0 Å². The smallest absolute Gasteiger partial charge is 0.212 e. The van der Waals surface area contributed by atoms with Crippen molar-refractivity contribution in [1.82, 2.24) is 4.98 Å². The lowest BCUT2D eigenvalue weighted by molar-refractivity contribution is 0.465. The van der Waals surface area contributed by atoms with Gasteiger partial charge >= 0.3 is 0 Å². The SMILES string of the molecule is Cc1cnc(C(C)S(C)(=O)=O)o1. The molecule has 0 aliphatic heterocycles. The minimum Gasteiger partial charge on any atom is -0.445 e. The van der Waals surface area contributed by atoms with E-state index < -0.39 is 15.1 Å². The number of rotatable bonds is 2. The Bertz CT molecular complexity index is 366. The molecule has 0 saturated carbocycles. The molecule has 0 aromatic carbocycles. The Morgan fingerprint density at radius 3 is 2.50 bits per heavy atom. The fourth-order valence-electron chi connectivity index (χ4n) is 0.743. The van der Waals surface area contributed by atoms with Crippen LogP contribution in [0.1, 0.15) is 23.8 Å². The molecular weight excluding hydrogens is 178 g/mol. The van der Waals surface area contributed by atoms with Crippen LogP contribution in [0, 0.1) is 6.92 Å². The largest absolute Gasteiger partial charge is 0.445 e. The maximum atomic E-state index is 11.0. The molecule has 0 N–H and O–H groups in total. The van der Waals surface area contributed by atoms with E-state index in [9.17, 15) is 8.42 Å². The van der Waals surface area contributed by atoms with E-state index in [4.69, 9.17) is 4.42 Å². The Morgan fingerprint density at radius 2 is 2.17 bits per heavy atom. The van der Waals surface area contributed by atoms with E-state index in [0.29, 0.717) is 5.76 Å². The summed E-state index contributed by atoms with van der Waals surface area (Å²) in [5, 5.41) is -0.661. The van der Waals surface area contributed by atoms with Crippen LogP contribution in [0.4, 0.5) is 0 Å². The second-order valence-corrected chi connectivity index (χ2v) is 5.15. The van der Waals surface area contributed by atoms with Gasteiger partial charge in [-0.05, 0) is 13.8 Å². The molecule has 5 heteroatoms. The van der Waals surface area contributed by atoms with E-state index in [-0.39, 0.29) is 5.89 Å². The van der Waals surface area contributed by atoms with Gasteiger partial charge in [0.05, 0.1) is 6.20 Å². The Morgan fingerprint density at radius 1 is 1.58 bits per heavy atom. The maximum Gasteiger partial charge on any atom is 0.212 e. The van der Waals surface area contributed by atoms with E-state index in [1.54, 1.807) is 13.8 Å². The van der Waals surface area contributed by atoms with Crippen molar-refractivity contribution in [2.75, 3.05) is 6.26 Å². The molecule has 1 unspecified atom stereocenters. The Kier molecular flexibility index (Phi) is 2.23. The molecule has 1 atom stereocenters. The summed E-state index contributed by atoms with van der Waals surface area (Å²) in [6.45, 7) is 3.28. The molecule has 0 fully saturated rings. The zero-order valence-corrected chi connectivity index (χ0v) is 8.05. The van der Waals surface area contributed by atoms with Crippen molar-refractivity contribution >= 4 is 9.84 Å². The molecule has 0 spiro atoms. The van der Waals surface area contributed by atoms with Gasteiger partial charge in [0.2, 0.25) is 5.89 Å². The normalized spacial score (nSPS) is 14.6. The van der Waals surface area contributed by atoms with Crippen molar-refractivity contribution in [1.29, 1.82) is 0 Å². The lowest BCUT2D eigenvalue weighted by Gasteiger charge is -2.02. The standard InChI is InChI=1S/C7H11NO3S/c1-5-4-8-7(11-5)6(2)12(3,9)10/h4,6H,1-3H3. The van der Waals surface area contributed by atoms with Crippen molar-refractivity contribution in [3.63, 3.8) is 0 Å². The Hall–Kier alpha value is -0.840. The summed E-state index contributed by atoms with van der Waals surface area (Å²) in [5.41, 5.74) is 0. The van der Waals surface area contributed by atoms with Crippen LogP contribution in [0.15, 0.2) is 10.6 Å². The van der Waals surface area contributed by atoms with Crippen LogP contribution >= 0.6 is 0 Å². The molecule has 1 aromatic rings. The fraction of sp³-hybridized carbons (Fsp3) is 0.571. The first-order valence-electron chi connectivity index (χ1n) is 3.52. The first-order valence-corrected chi connectivity index (χ1v) is 5.48. The Balaban J connectivity index is 3.01. The summed E-state index contributed by atoms with van der Waals surface area (Å²) in [4.78, 5) is 3.84. The lowest BCUT2D eigenvalue weighted by atomic mass is 10.5. The summed E-state index contributed by atoms with van der Waals surface area (Å²) in [7, 11) is -3.10. The van der Waals surface area contributed by atoms with Gasteiger partial charge in [-0.2, -0.15) is 0 Å². The average molecular weight is 189 g/mol. The quantitative estimate of drug-likeness (QED) is 0.698. The van der Waals surface area contributed by atoms with Gasteiger partial charge < -0.3 is 4.42 Å². The third kappa shape index (κ3) is 1.85. The molecular formula is C7H11NO3S. The van der Waals surface area contributed by atoms with E-state index in [0.717, 1.165) is 6.26 Å². The number of hydrogen-bond acceptors (Lipinski definition) is 4. The first kappa shape index (κ1) is 9.25. The Labute approximate surface area is 71.5 Å². The van der Waals surface area contributed by atoms with Crippen LogP contribution in [-0.2, 0) is 9.84 Å². The summed E-state index contributed by atoms with van der Waals surface area (Å²) >= 11 is 0. The molecule has 0 bridgehead atoms. The second kappa shape index (κ2) is 2.90. The molecule has 12 heavy (non-hydrogen) atoms. The van der Waals surface area contributed by atoms with E-state index in [2.05, 4.69) is 4.98 Å². The molecule has 1 aromatic heterocycles. The topological polar surface area (TPSA) is 60.2 Å². The summed E-state index contributed by atoms with van der Waals surface area (Å²) < 4.78 is 27.2. The highest BCUT2D eigenvalue weighted by atomic mass is 32.2. The first-order chi connectivity index (χ1) is 5.41.